The van der Waals surface area contributed by atoms with Gasteiger partial charge in [-0.3, -0.25) is 9.78 Å². The molecule has 1 fully saturated rings. The van der Waals surface area contributed by atoms with Crippen molar-refractivity contribution >= 4 is 17.7 Å². The maximum atomic E-state index is 12.1. The summed E-state index contributed by atoms with van der Waals surface area (Å²) in [6, 6.07) is 14.3. The van der Waals surface area contributed by atoms with Crippen molar-refractivity contribution in [1.29, 1.82) is 0 Å². The summed E-state index contributed by atoms with van der Waals surface area (Å²) in [5, 5.41) is 0.158. The number of amides is 1. The van der Waals surface area contributed by atoms with Crippen LogP contribution in [0.25, 0.3) is 0 Å². The number of benzene rings is 1. The van der Waals surface area contributed by atoms with Gasteiger partial charge in [0.1, 0.15) is 5.37 Å². The van der Waals surface area contributed by atoms with E-state index in [0.29, 0.717) is 5.75 Å². The van der Waals surface area contributed by atoms with Gasteiger partial charge in [-0.05, 0) is 29.7 Å². The summed E-state index contributed by atoms with van der Waals surface area (Å²) in [5.74, 6) is 0.813. The Labute approximate surface area is 123 Å². The molecule has 4 heteroatoms. The van der Waals surface area contributed by atoms with Gasteiger partial charge < -0.3 is 4.90 Å². The van der Waals surface area contributed by atoms with E-state index in [9.17, 15) is 4.79 Å². The van der Waals surface area contributed by atoms with Crippen molar-refractivity contribution in [1.82, 2.24) is 9.88 Å². The van der Waals surface area contributed by atoms with E-state index >= 15 is 0 Å². The first-order valence-electron chi connectivity index (χ1n) is 6.69. The molecule has 0 saturated carbocycles. The van der Waals surface area contributed by atoms with E-state index < -0.39 is 0 Å². The van der Waals surface area contributed by atoms with Crippen molar-refractivity contribution in [3.63, 3.8) is 0 Å². The van der Waals surface area contributed by atoms with Gasteiger partial charge in [0, 0.05) is 18.9 Å². The Balaban J connectivity index is 1.71. The molecule has 2 aromatic rings. The highest BCUT2D eigenvalue weighted by Crippen LogP contribution is 2.38. The summed E-state index contributed by atoms with van der Waals surface area (Å²) in [5.41, 5.74) is 2.43. The van der Waals surface area contributed by atoms with Crippen molar-refractivity contribution in [3.05, 3.63) is 66.0 Å². The van der Waals surface area contributed by atoms with E-state index in [0.717, 1.165) is 13.0 Å². The zero-order valence-electron chi connectivity index (χ0n) is 11.1. The fourth-order valence-corrected chi connectivity index (χ4v) is 3.61. The summed E-state index contributed by atoms with van der Waals surface area (Å²) < 4.78 is 0. The summed E-state index contributed by atoms with van der Waals surface area (Å²) in [7, 11) is 0. The molecule has 1 unspecified atom stereocenters. The van der Waals surface area contributed by atoms with Gasteiger partial charge in [-0.1, -0.05) is 30.3 Å². The van der Waals surface area contributed by atoms with Gasteiger partial charge in [0.05, 0.1) is 5.75 Å². The largest absolute Gasteiger partial charge is 0.326 e. The SMILES string of the molecule is O=C1CSC(c2ccccc2)N1CCc1ccncc1. The van der Waals surface area contributed by atoms with E-state index in [1.54, 1.807) is 24.2 Å². The fraction of sp³-hybridized carbons (Fsp3) is 0.250. The number of hydrogen-bond donors (Lipinski definition) is 0. The molecule has 20 heavy (non-hydrogen) atoms. The van der Waals surface area contributed by atoms with Gasteiger partial charge >= 0.3 is 0 Å². The zero-order chi connectivity index (χ0) is 13.8. The predicted octanol–water partition coefficient (Wildman–Crippen LogP) is 2.90. The number of thioether (sulfide) groups is 1. The van der Waals surface area contributed by atoms with Crippen LogP contribution in [0.4, 0.5) is 0 Å². The van der Waals surface area contributed by atoms with Crippen LogP contribution < -0.4 is 0 Å². The van der Waals surface area contributed by atoms with Crippen molar-refractivity contribution in [3.8, 4) is 0 Å². The number of carbonyl (C=O) groups excluding carboxylic acids is 1. The first kappa shape index (κ1) is 13.2. The highest BCUT2D eigenvalue weighted by Gasteiger charge is 2.32. The van der Waals surface area contributed by atoms with E-state index in [2.05, 4.69) is 17.1 Å². The van der Waals surface area contributed by atoms with Gasteiger partial charge in [-0.2, -0.15) is 0 Å². The van der Waals surface area contributed by atoms with Crippen LogP contribution in [0.15, 0.2) is 54.9 Å². The molecule has 1 aromatic heterocycles. The maximum Gasteiger partial charge on any atom is 0.233 e. The van der Waals surface area contributed by atoms with Crippen molar-refractivity contribution in [2.45, 2.75) is 11.8 Å². The minimum Gasteiger partial charge on any atom is -0.326 e. The normalized spacial score (nSPS) is 18.5. The first-order valence-corrected chi connectivity index (χ1v) is 7.74. The number of aromatic nitrogens is 1. The van der Waals surface area contributed by atoms with Crippen LogP contribution in [0, 0.1) is 0 Å². The third-order valence-electron chi connectivity index (χ3n) is 3.44. The lowest BCUT2D eigenvalue weighted by molar-refractivity contribution is -0.128. The van der Waals surface area contributed by atoms with Crippen LogP contribution in [0.5, 0.6) is 0 Å². The van der Waals surface area contributed by atoms with E-state index in [4.69, 9.17) is 0 Å². The molecular formula is C16H16N2OS. The van der Waals surface area contributed by atoms with Crippen LogP contribution in [0.2, 0.25) is 0 Å². The quantitative estimate of drug-likeness (QED) is 0.865. The molecule has 1 saturated heterocycles. The summed E-state index contributed by atoms with van der Waals surface area (Å²) in [4.78, 5) is 18.1. The second-order valence-electron chi connectivity index (χ2n) is 4.77. The molecule has 0 spiro atoms. The Morgan fingerprint density at radius 3 is 2.65 bits per heavy atom. The standard InChI is InChI=1S/C16H16N2OS/c19-15-12-20-16(14-4-2-1-3-5-14)18(15)11-8-13-6-9-17-10-7-13/h1-7,9-10,16H,8,11-12H2. The first-order chi connectivity index (χ1) is 9.84. The van der Waals surface area contributed by atoms with Crippen LogP contribution in [0.3, 0.4) is 0 Å². The summed E-state index contributed by atoms with van der Waals surface area (Å²) in [6.07, 6.45) is 4.47. The molecular weight excluding hydrogens is 268 g/mol. The lowest BCUT2D eigenvalue weighted by atomic mass is 10.1. The summed E-state index contributed by atoms with van der Waals surface area (Å²) in [6.45, 7) is 0.759. The predicted molar refractivity (Wildman–Crippen MR) is 81.3 cm³/mol. The minimum absolute atomic E-state index is 0.158. The average Bonchev–Trinajstić information content (AvgIpc) is 2.88. The van der Waals surface area contributed by atoms with E-state index in [1.807, 2.05) is 35.2 Å². The number of pyridine rings is 1. The van der Waals surface area contributed by atoms with E-state index in [-0.39, 0.29) is 11.3 Å². The zero-order valence-corrected chi connectivity index (χ0v) is 11.9. The lowest BCUT2D eigenvalue weighted by Crippen LogP contribution is -2.30. The maximum absolute atomic E-state index is 12.1. The van der Waals surface area contributed by atoms with Crippen molar-refractivity contribution < 1.29 is 4.79 Å². The Bertz CT molecular complexity index is 574. The number of hydrogen-bond acceptors (Lipinski definition) is 3. The third-order valence-corrected chi connectivity index (χ3v) is 4.70. The molecule has 2 heterocycles. The Morgan fingerprint density at radius 2 is 1.90 bits per heavy atom. The second-order valence-corrected chi connectivity index (χ2v) is 5.84. The number of carbonyl (C=O) groups is 1. The van der Waals surface area contributed by atoms with Crippen molar-refractivity contribution in [2.24, 2.45) is 0 Å². The molecule has 0 N–H and O–H groups in total. The molecule has 1 amide bonds. The van der Waals surface area contributed by atoms with Crippen molar-refractivity contribution in [2.75, 3.05) is 12.3 Å². The Hall–Kier alpha value is -1.81. The Morgan fingerprint density at radius 1 is 1.15 bits per heavy atom. The molecule has 1 aromatic carbocycles. The monoisotopic (exact) mass is 284 g/mol. The highest BCUT2D eigenvalue weighted by atomic mass is 32.2. The molecule has 0 radical (unpaired) electrons. The van der Waals surface area contributed by atoms with Gasteiger partial charge in [0.15, 0.2) is 0 Å². The molecule has 0 aliphatic carbocycles. The molecule has 1 aliphatic heterocycles. The average molecular weight is 284 g/mol. The molecule has 3 nitrogen and oxygen atoms in total. The number of rotatable bonds is 4. The van der Waals surface area contributed by atoms with Crippen LogP contribution in [0.1, 0.15) is 16.5 Å². The molecule has 0 bridgehead atoms. The van der Waals surface area contributed by atoms with Crippen LogP contribution >= 0.6 is 11.8 Å². The Kier molecular flexibility index (Phi) is 4.02. The minimum atomic E-state index is 0.158. The van der Waals surface area contributed by atoms with E-state index in [1.165, 1.54) is 11.1 Å². The van der Waals surface area contributed by atoms with Crippen LogP contribution in [-0.4, -0.2) is 28.1 Å². The fourth-order valence-electron chi connectivity index (χ4n) is 2.39. The van der Waals surface area contributed by atoms with Gasteiger partial charge in [-0.25, -0.2) is 0 Å². The summed E-state index contributed by atoms with van der Waals surface area (Å²) >= 11 is 1.71. The number of nitrogens with zero attached hydrogens (tertiary/aromatic N) is 2. The molecule has 1 atom stereocenters. The van der Waals surface area contributed by atoms with Gasteiger partial charge in [0.25, 0.3) is 0 Å². The molecule has 102 valence electrons. The lowest BCUT2D eigenvalue weighted by Gasteiger charge is -2.24. The van der Waals surface area contributed by atoms with Crippen LogP contribution in [-0.2, 0) is 11.2 Å². The third kappa shape index (κ3) is 2.85. The van der Waals surface area contributed by atoms with Gasteiger partial charge in [0.2, 0.25) is 5.91 Å². The highest BCUT2D eigenvalue weighted by molar-refractivity contribution is 8.00. The topological polar surface area (TPSA) is 33.2 Å². The molecule has 1 aliphatic rings. The molecule has 3 rings (SSSR count). The van der Waals surface area contributed by atoms with Gasteiger partial charge in [-0.15, -0.1) is 11.8 Å². The second kappa shape index (κ2) is 6.09. The smallest absolute Gasteiger partial charge is 0.233 e.